The average molecular weight is 469 g/mol. The Morgan fingerprint density at radius 1 is 0.906 bits per heavy atom. The van der Waals surface area contributed by atoms with Gasteiger partial charge in [0.05, 0.1) is 0 Å². The van der Waals surface area contributed by atoms with Crippen LogP contribution in [0, 0.1) is 5.92 Å². The van der Waals surface area contributed by atoms with Gasteiger partial charge in [0, 0.05) is 29.1 Å². The maximum Gasteiger partial charge on any atom is 0.247 e. The topological polar surface area (TPSA) is 49.4 Å². The summed E-state index contributed by atoms with van der Waals surface area (Å²) < 4.78 is 0. The highest BCUT2D eigenvalue weighted by atomic mass is 35.5. The van der Waals surface area contributed by atoms with Gasteiger partial charge in [-0.1, -0.05) is 104 Å². The van der Waals surface area contributed by atoms with Crippen molar-refractivity contribution in [3.05, 3.63) is 106 Å². The van der Waals surface area contributed by atoms with Crippen molar-refractivity contribution in [2.24, 2.45) is 5.92 Å². The van der Waals surface area contributed by atoms with Crippen molar-refractivity contribution in [2.45, 2.75) is 33.0 Å². The van der Waals surface area contributed by atoms with Crippen LogP contribution >= 0.6 is 23.2 Å². The Bertz CT molecular complexity index is 1060. The fraction of sp³-hybridized carbons (Fsp3) is 0.231. The highest BCUT2D eigenvalue weighted by Crippen LogP contribution is 2.26. The van der Waals surface area contributed by atoms with Crippen molar-refractivity contribution >= 4 is 35.0 Å². The third-order valence-corrected chi connectivity index (χ3v) is 5.70. The number of hydrogen-bond donors (Lipinski definition) is 1. The molecule has 3 aromatic rings. The van der Waals surface area contributed by atoms with Gasteiger partial charge in [-0.25, -0.2) is 0 Å². The lowest BCUT2D eigenvalue weighted by Crippen LogP contribution is -2.44. The van der Waals surface area contributed by atoms with E-state index in [4.69, 9.17) is 23.2 Å². The third kappa shape index (κ3) is 6.12. The Labute approximate surface area is 199 Å². The lowest BCUT2D eigenvalue weighted by molar-refractivity contribution is -0.144. The number of amides is 2. The van der Waals surface area contributed by atoms with Gasteiger partial charge in [0.2, 0.25) is 11.8 Å². The molecule has 0 radical (unpaired) electrons. The molecule has 2 amide bonds. The van der Waals surface area contributed by atoms with Crippen molar-refractivity contribution in [3.63, 3.8) is 0 Å². The molecule has 1 atom stereocenters. The summed E-state index contributed by atoms with van der Waals surface area (Å²) in [6.45, 7) is 4.24. The van der Waals surface area contributed by atoms with Crippen LogP contribution in [0.15, 0.2) is 78.9 Å². The van der Waals surface area contributed by atoms with Crippen LogP contribution in [0.5, 0.6) is 0 Å². The van der Waals surface area contributed by atoms with Gasteiger partial charge in [0.25, 0.3) is 0 Å². The van der Waals surface area contributed by atoms with Crippen molar-refractivity contribution in [3.8, 4) is 0 Å². The molecule has 32 heavy (non-hydrogen) atoms. The second-order valence-electron chi connectivity index (χ2n) is 7.87. The number of halogens is 2. The molecule has 0 heterocycles. The number of rotatable bonds is 8. The maximum absolute atomic E-state index is 13.5. The maximum atomic E-state index is 13.5. The highest BCUT2D eigenvalue weighted by Gasteiger charge is 2.32. The standard InChI is InChI=1S/C26H26Cl2N2O2/c1-18(2)26(32)30(17-19-9-5-3-6-10-19)24(20-11-7-4-8-12-20)25(31)29-16-21-13-14-22(27)15-23(21)28/h3-15,18,24H,16-17H2,1-2H3,(H,29,31)/t24-/m1/s1. The Morgan fingerprint density at radius 2 is 1.53 bits per heavy atom. The van der Waals surface area contributed by atoms with Crippen LogP contribution in [-0.2, 0) is 22.7 Å². The van der Waals surface area contributed by atoms with Gasteiger partial charge in [-0.05, 0) is 28.8 Å². The van der Waals surface area contributed by atoms with Crippen molar-refractivity contribution < 1.29 is 9.59 Å². The number of nitrogens with zero attached hydrogens (tertiary/aromatic N) is 1. The zero-order valence-electron chi connectivity index (χ0n) is 18.1. The number of benzene rings is 3. The van der Waals surface area contributed by atoms with Gasteiger partial charge in [-0.2, -0.15) is 0 Å². The summed E-state index contributed by atoms with van der Waals surface area (Å²) >= 11 is 12.2. The minimum absolute atomic E-state index is 0.0950. The Balaban J connectivity index is 1.93. The van der Waals surface area contributed by atoms with E-state index in [9.17, 15) is 9.59 Å². The van der Waals surface area contributed by atoms with Gasteiger partial charge in [-0.15, -0.1) is 0 Å². The van der Waals surface area contributed by atoms with Crippen LogP contribution in [0.25, 0.3) is 0 Å². The molecule has 1 N–H and O–H groups in total. The Morgan fingerprint density at radius 3 is 2.12 bits per heavy atom. The fourth-order valence-electron chi connectivity index (χ4n) is 3.46. The molecule has 0 aromatic heterocycles. The van der Waals surface area contributed by atoms with Crippen LogP contribution in [0.3, 0.4) is 0 Å². The highest BCUT2D eigenvalue weighted by molar-refractivity contribution is 6.35. The van der Waals surface area contributed by atoms with Crippen LogP contribution in [0.4, 0.5) is 0 Å². The minimum atomic E-state index is -0.780. The van der Waals surface area contributed by atoms with E-state index in [0.29, 0.717) is 16.6 Å². The van der Waals surface area contributed by atoms with Gasteiger partial charge in [0.1, 0.15) is 6.04 Å². The van der Waals surface area contributed by atoms with E-state index < -0.39 is 6.04 Å². The number of hydrogen-bond acceptors (Lipinski definition) is 2. The largest absolute Gasteiger partial charge is 0.350 e. The second kappa shape index (κ2) is 11.2. The molecule has 4 nitrogen and oxygen atoms in total. The molecular weight excluding hydrogens is 443 g/mol. The minimum Gasteiger partial charge on any atom is -0.350 e. The summed E-state index contributed by atoms with van der Waals surface area (Å²) in [6.07, 6.45) is 0. The summed E-state index contributed by atoms with van der Waals surface area (Å²) in [6, 6.07) is 23.4. The van der Waals surface area contributed by atoms with E-state index in [2.05, 4.69) is 5.32 Å². The first kappa shape index (κ1) is 23.8. The molecule has 3 aromatic carbocycles. The third-order valence-electron chi connectivity index (χ3n) is 5.12. The molecule has 6 heteroatoms. The van der Waals surface area contributed by atoms with E-state index in [1.54, 1.807) is 23.1 Å². The molecule has 0 saturated heterocycles. The smallest absolute Gasteiger partial charge is 0.247 e. The molecule has 0 bridgehead atoms. The first-order valence-corrected chi connectivity index (χ1v) is 11.2. The Hall–Kier alpha value is -2.82. The molecule has 0 fully saturated rings. The quantitative estimate of drug-likeness (QED) is 0.438. The average Bonchev–Trinajstić information content (AvgIpc) is 2.79. The summed E-state index contributed by atoms with van der Waals surface area (Å²) in [5, 5.41) is 3.97. The SMILES string of the molecule is CC(C)C(=O)N(Cc1ccccc1)[C@@H](C(=O)NCc1ccc(Cl)cc1Cl)c1ccccc1. The van der Waals surface area contributed by atoms with E-state index in [-0.39, 0.29) is 24.3 Å². The molecule has 0 aliphatic rings. The predicted octanol–water partition coefficient (Wildman–Crippen LogP) is 6.04. The molecular formula is C26H26Cl2N2O2. The normalized spacial score (nSPS) is 11.8. The lowest BCUT2D eigenvalue weighted by Gasteiger charge is -2.33. The van der Waals surface area contributed by atoms with Gasteiger partial charge < -0.3 is 10.2 Å². The zero-order valence-corrected chi connectivity index (χ0v) is 19.6. The Kier molecular flexibility index (Phi) is 8.32. The van der Waals surface area contributed by atoms with Crippen molar-refractivity contribution in [1.82, 2.24) is 10.2 Å². The van der Waals surface area contributed by atoms with Crippen LogP contribution in [0.2, 0.25) is 10.0 Å². The van der Waals surface area contributed by atoms with Crippen LogP contribution < -0.4 is 5.32 Å². The zero-order chi connectivity index (χ0) is 23.1. The van der Waals surface area contributed by atoms with E-state index in [1.165, 1.54) is 0 Å². The first-order chi connectivity index (χ1) is 15.4. The number of carbonyl (C=O) groups is 2. The van der Waals surface area contributed by atoms with E-state index in [1.807, 2.05) is 74.5 Å². The molecule has 0 aliphatic heterocycles. The number of carbonyl (C=O) groups excluding carboxylic acids is 2. The van der Waals surface area contributed by atoms with Crippen LogP contribution in [-0.4, -0.2) is 16.7 Å². The summed E-state index contributed by atoms with van der Waals surface area (Å²) in [4.78, 5) is 28.4. The second-order valence-corrected chi connectivity index (χ2v) is 8.72. The van der Waals surface area contributed by atoms with Gasteiger partial charge in [0.15, 0.2) is 0 Å². The molecule has 166 valence electrons. The van der Waals surface area contributed by atoms with Crippen molar-refractivity contribution in [2.75, 3.05) is 0 Å². The van der Waals surface area contributed by atoms with E-state index in [0.717, 1.165) is 16.7 Å². The summed E-state index contributed by atoms with van der Waals surface area (Å²) in [5.41, 5.74) is 2.45. The van der Waals surface area contributed by atoms with Gasteiger partial charge >= 0.3 is 0 Å². The molecule has 0 unspecified atom stereocenters. The first-order valence-electron chi connectivity index (χ1n) is 10.5. The predicted molar refractivity (Wildman–Crippen MR) is 129 cm³/mol. The lowest BCUT2D eigenvalue weighted by atomic mass is 10.0. The molecule has 0 saturated carbocycles. The fourth-order valence-corrected chi connectivity index (χ4v) is 3.94. The molecule has 0 aliphatic carbocycles. The summed E-state index contributed by atoms with van der Waals surface area (Å²) in [7, 11) is 0. The van der Waals surface area contributed by atoms with E-state index >= 15 is 0 Å². The molecule has 0 spiro atoms. The van der Waals surface area contributed by atoms with Gasteiger partial charge in [-0.3, -0.25) is 9.59 Å². The van der Waals surface area contributed by atoms with Crippen molar-refractivity contribution in [1.29, 1.82) is 0 Å². The molecule has 3 rings (SSSR count). The summed E-state index contributed by atoms with van der Waals surface area (Å²) in [5.74, 6) is -0.627. The number of nitrogens with one attached hydrogen (secondary N) is 1. The monoisotopic (exact) mass is 468 g/mol. The van der Waals surface area contributed by atoms with Crippen LogP contribution in [0.1, 0.15) is 36.6 Å².